The van der Waals surface area contributed by atoms with Crippen LogP contribution in [0.15, 0.2) is 15.9 Å². The van der Waals surface area contributed by atoms with Gasteiger partial charge in [-0.3, -0.25) is 4.79 Å². The Hall–Kier alpha value is -0.350. The van der Waals surface area contributed by atoms with Crippen molar-refractivity contribution in [1.82, 2.24) is 4.90 Å². The van der Waals surface area contributed by atoms with Crippen LogP contribution in [-0.2, 0) is 0 Å². The highest BCUT2D eigenvalue weighted by Gasteiger charge is 2.18. The van der Waals surface area contributed by atoms with E-state index in [4.69, 9.17) is 0 Å². The van der Waals surface area contributed by atoms with Crippen LogP contribution in [0, 0.1) is 0 Å². The number of amides is 1. The molecule has 0 spiro atoms. The van der Waals surface area contributed by atoms with Gasteiger partial charge in [-0.1, -0.05) is 12.8 Å². The summed E-state index contributed by atoms with van der Waals surface area (Å²) in [5.41, 5.74) is 0. The molecule has 1 aromatic rings. The Balaban J connectivity index is 2.06. The molecule has 0 atom stereocenters. The predicted octanol–water partition coefficient (Wildman–Crippen LogP) is 3.53. The summed E-state index contributed by atoms with van der Waals surface area (Å²) in [6.07, 6.45) is 4.83. The van der Waals surface area contributed by atoms with Gasteiger partial charge in [0.2, 0.25) is 0 Å². The SMILES string of the molecule is O=C(c1cc(Br)cs1)N1CCCCCC1. The number of carbonyl (C=O) groups is 1. The maximum atomic E-state index is 12.1. The number of nitrogens with zero attached hydrogens (tertiary/aromatic N) is 1. The summed E-state index contributed by atoms with van der Waals surface area (Å²) in [4.78, 5) is 14.9. The Labute approximate surface area is 102 Å². The van der Waals surface area contributed by atoms with Gasteiger partial charge in [0, 0.05) is 22.9 Å². The normalized spacial score (nSPS) is 17.5. The molecule has 0 aliphatic carbocycles. The number of rotatable bonds is 1. The van der Waals surface area contributed by atoms with Crippen LogP contribution in [0.2, 0.25) is 0 Å². The average molecular weight is 288 g/mol. The van der Waals surface area contributed by atoms with Crippen LogP contribution >= 0.6 is 27.3 Å². The molecule has 0 radical (unpaired) electrons. The molecule has 1 saturated heterocycles. The molecule has 2 rings (SSSR count). The molecule has 0 aromatic carbocycles. The number of halogens is 1. The summed E-state index contributed by atoms with van der Waals surface area (Å²) in [5.74, 6) is 0.201. The van der Waals surface area contributed by atoms with E-state index in [1.165, 1.54) is 24.2 Å². The van der Waals surface area contributed by atoms with E-state index in [0.29, 0.717) is 0 Å². The minimum absolute atomic E-state index is 0.201. The topological polar surface area (TPSA) is 20.3 Å². The Bertz CT molecular complexity index is 342. The van der Waals surface area contributed by atoms with Gasteiger partial charge >= 0.3 is 0 Å². The lowest BCUT2D eigenvalue weighted by Crippen LogP contribution is -2.31. The van der Waals surface area contributed by atoms with Gasteiger partial charge < -0.3 is 4.90 Å². The van der Waals surface area contributed by atoms with Crippen LogP contribution in [0.5, 0.6) is 0 Å². The summed E-state index contributed by atoms with van der Waals surface area (Å²) in [5, 5.41) is 1.96. The Morgan fingerprint density at radius 2 is 1.93 bits per heavy atom. The molecular formula is C11H14BrNOS. The monoisotopic (exact) mass is 287 g/mol. The summed E-state index contributed by atoms with van der Waals surface area (Å²) in [7, 11) is 0. The quantitative estimate of drug-likeness (QED) is 0.774. The van der Waals surface area contributed by atoms with E-state index < -0.39 is 0 Å². The lowest BCUT2D eigenvalue weighted by molar-refractivity contribution is 0.0766. The molecule has 1 aliphatic rings. The second-order valence-corrected chi connectivity index (χ2v) is 5.66. The third-order valence-electron chi connectivity index (χ3n) is 2.67. The minimum Gasteiger partial charge on any atom is -0.338 e. The molecule has 2 nitrogen and oxygen atoms in total. The Morgan fingerprint density at radius 3 is 2.47 bits per heavy atom. The van der Waals surface area contributed by atoms with E-state index in [-0.39, 0.29) is 5.91 Å². The van der Waals surface area contributed by atoms with E-state index in [1.54, 1.807) is 0 Å². The molecule has 1 aromatic heterocycles. The van der Waals surface area contributed by atoms with Crippen molar-refractivity contribution in [2.45, 2.75) is 25.7 Å². The fourth-order valence-corrected chi connectivity index (χ4v) is 3.25. The van der Waals surface area contributed by atoms with Crippen LogP contribution in [0.1, 0.15) is 35.4 Å². The van der Waals surface area contributed by atoms with Gasteiger partial charge in [-0.05, 0) is 34.8 Å². The molecule has 1 aliphatic heterocycles. The van der Waals surface area contributed by atoms with Crippen LogP contribution in [0.4, 0.5) is 0 Å². The first-order valence-corrected chi connectivity index (χ1v) is 6.98. The van der Waals surface area contributed by atoms with Crippen LogP contribution in [-0.4, -0.2) is 23.9 Å². The fourth-order valence-electron chi connectivity index (χ4n) is 1.85. The minimum atomic E-state index is 0.201. The molecule has 0 unspecified atom stereocenters. The standard InChI is InChI=1S/C11H14BrNOS/c12-9-7-10(15-8-9)11(14)13-5-3-1-2-4-6-13/h7-8H,1-6H2. The van der Waals surface area contributed by atoms with Gasteiger partial charge in [0.05, 0.1) is 4.88 Å². The highest BCUT2D eigenvalue weighted by atomic mass is 79.9. The van der Waals surface area contributed by atoms with Crippen molar-refractivity contribution in [3.8, 4) is 0 Å². The predicted molar refractivity (Wildman–Crippen MR) is 66.4 cm³/mol. The van der Waals surface area contributed by atoms with Crippen LogP contribution in [0.25, 0.3) is 0 Å². The van der Waals surface area contributed by atoms with Crippen molar-refractivity contribution in [3.63, 3.8) is 0 Å². The molecule has 82 valence electrons. The van der Waals surface area contributed by atoms with Crippen LogP contribution in [0.3, 0.4) is 0 Å². The third kappa shape index (κ3) is 2.82. The van der Waals surface area contributed by atoms with Crippen molar-refractivity contribution in [2.24, 2.45) is 0 Å². The zero-order chi connectivity index (χ0) is 10.7. The maximum Gasteiger partial charge on any atom is 0.263 e. The molecular weight excluding hydrogens is 274 g/mol. The van der Waals surface area contributed by atoms with E-state index in [2.05, 4.69) is 15.9 Å². The summed E-state index contributed by atoms with van der Waals surface area (Å²) < 4.78 is 1.01. The van der Waals surface area contributed by atoms with Crippen molar-refractivity contribution >= 4 is 33.2 Å². The molecule has 15 heavy (non-hydrogen) atoms. The molecule has 4 heteroatoms. The number of thiophene rings is 1. The number of likely N-dealkylation sites (tertiary alicyclic amines) is 1. The van der Waals surface area contributed by atoms with Gasteiger partial charge in [-0.15, -0.1) is 11.3 Å². The van der Waals surface area contributed by atoms with Gasteiger partial charge in [0.25, 0.3) is 5.91 Å². The first-order valence-electron chi connectivity index (χ1n) is 5.31. The summed E-state index contributed by atoms with van der Waals surface area (Å²) in [6.45, 7) is 1.85. The Kier molecular flexibility index (Phi) is 3.81. The summed E-state index contributed by atoms with van der Waals surface area (Å²) >= 11 is 4.90. The van der Waals surface area contributed by atoms with Crippen molar-refractivity contribution in [2.75, 3.05) is 13.1 Å². The highest BCUT2D eigenvalue weighted by molar-refractivity contribution is 9.10. The molecule has 0 N–H and O–H groups in total. The van der Waals surface area contributed by atoms with E-state index in [1.807, 2.05) is 16.3 Å². The van der Waals surface area contributed by atoms with Crippen LogP contribution < -0.4 is 0 Å². The van der Waals surface area contributed by atoms with Gasteiger partial charge in [0.15, 0.2) is 0 Å². The van der Waals surface area contributed by atoms with Crippen molar-refractivity contribution < 1.29 is 4.79 Å². The highest BCUT2D eigenvalue weighted by Crippen LogP contribution is 2.22. The van der Waals surface area contributed by atoms with Gasteiger partial charge in [0.1, 0.15) is 0 Å². The second kappa shape index (κ2) is 5.12. The smallest absolute Gasteiger partial charge is 0.263 e. The number of hydrogen-bond donors (Lipinski definition) is 0. The first-order chi connectivity index (χ1) is 7.27. The Morgan fingerprint density at radius 1 is 1.27 bits per heavy atom. The van der Waals surface area contributed by atoms with E-state index in [9.17, 15) is 4.79 Å². The average Bonchev–Trinajstić information content (AvgIpc) is 2.53. The molecule has 2 heterocycles. The first kappa shape index (κ1) is 11.1. The summed E-state index contributed by atoms with van der Waals surface area (Å²) in [6, 6.07) is 1.91. The van der Waals surface area contributed by atoms with Crippen molar-refractivity contribution in [1.29, 1.82) is 0 Å². The van der Waals surface area contributed by atoms with E-state index in [0.717, 1.165) is 35.3 Å². The largest absolute Gasteiger partial charge is 0.338 e. The molecule has 0 saturated carbocycles. The van der Waals surface area contributed by atoms with Crippen molar-refractivity contribution in [3.05, 3.63) is 20.8 Å². The van der Waals surface area contributed by atoms with Gasteiger partial charge in [-0.25, -0.2) is 0 Å². The maximum absolute atomic E-state index is 12.1. The third-order valence-corrected chi connectivity index (χ3v) is 4.35. The zero-order valence-corrected chi connectivity index (χ0v) is 10.9. The number of hydrogen-bond acceptors (Lipinski definition) is 2. The fraction of sp³-hybridized carbons (Fsp3) is 0.545. The van der Waals surface area contributed by atoms with E-state index >= 15 is 0 Å². The lowest BCUT2D eigenvalue weighted by Gasteiger charge is -2.19. The molecule has 0 bridgehead atoms. The lowest BCUT2D eigenvalue weighted by atomic mass is 10.2. The molecule has 1 fully saturated rings. The second-order valence-electron chi connectivity index (χ2n) is 3.84. The van der Waals surface area contributed by atoms with Gasteiger partial charge in [-0.2, -0.15) is 0 Å². The zero-order valence-electron chi connectivity index (χ0n) is 8.54. The number of carbonyl (C=O) groups excluding carboxylic acids is 1. The molecule has 1 amide bonds.